The van der Waals surface area contributed by atoms with Crippen molar-refractivity contribution in [1.82, 2.24) is 29.4 Å². The summed E-state index contributed by atoms with van der Waals surface area (Å²) in [5.41, 5.74) is -0.257. The second-order valence-electron chi connectivity index (χ2n) is 7.37. The second-order valence-corrected chi connectivity index (χ2v) is 7.37. The molecule has 1 N–H and O–H groups in total. The summed E-state index contributed by atoms with van der Waals surface area (Å²) in [7, 11) is 0. The molecule has 3 heterocycles. The van der Waals surface area contributed by atoms with Crippen LogP contribution in [-0.2, 0) is 11.2 Å². The van der Waals surface area contributed by atoms with E-state index < -0.39 is 11.5 Å². The maximum atomic E-state index is 14.2. The van der Waals surface area contributed by atoms with E-state index in [0.717, 1.165) is 12.8 Å². The Bertz CT molecular complexity index is 1030. The SMILES string of the molecule is CC(C(=O)N1CCC(Cc2n[nH]c(=O)n2-c2ccccc2F)CC1)n1cccn1. The molecule has 0 saturated carbocycles. The van der Waals surface area contributed by atoms with E-state index in [4.69, 9.17) is 0 Å². The number of carbonyl (C=O) groups excluding carboxylic acids is 1. The maximum Gasteiger partial charge on any atom is 0.348 e. The van der Waals surface area contributed by atoms with Crippen molar-refractivity contribution in [1.29, 1.82) is 0 Å². The monoisotopic (exact) mass is 398 g/mol. The van der Waals surface area contributed by atoms with Crippen LogP contribution in [0.15, 0.2) is 47.5 Å². The molecule has 0 bridgehead atoms. The van der Waals surface area contributed by atoms with Gasteiger partial charge in [0.05, 0.1) is 5.69 Å². The molecule has 1 aliphatic rings. The van der Waals surface area contributed by atoms with E-state index in [0.29, 0.717) is 25.3 Å². The predicted molar refractivity (Wildman–Crippen MR) is 104 cm³/mol. The minimum Gasteiger partial charge on any atom is -0.341 e. The highest BCUT2D eigenvalue weighted by Gasteiger charge is 2.28. The van der Waals surface area contributed by atoms with Gasteiger partial charge in [-0.25, -0.2) is 18.9 Å². The molecule has 3 aromatic rings. The Labute approximate surface area is 167 Å². The number of H-pyrrole nitrogens is 1. The quantitative estimate of drug-likeness (QED) is 0.711. The van der Waals surface area contributed by atoms with Crippen LogP contribution in [0.25, 0.3) is 5.69 Å². The molecule has 1 atom stereocenters. The van der Waals surface area contributed by atoms with Crippen molar-refractivity contribution >= 4 is 5.91 Å². The van der Waals surface area contributed by atoms with Crippen LogP contribution < -0.4 is 5.69 Å². The van der Waals surface area contributed by atoms with E-state index in [2.05, 4.69) is 15.3 Å². The molecule has 152 valence electrons. The maximum absolute atomic E-state index is 14.2. The van der Waals surface area contributed by atoms with Crippen LogP contribution in [0.5, 0.6) is 0 Å². The molecular formula is C20H23FN6O2. The standard InChI is InChI=1S/C20H23FN6O2/c1-14(26-10-4-9-22-26)19(28)25-11-7-15(8-12-25)13-18-23-24-20(29)27(18)17-6-3-2-5-16(17)21/h2-6,9-10,14-15H,7-8,11-13H2,1H3,(H,24,29). The number of likely N-dealkylation sites (tertiary alicyclic amines) is 1. The van der Waals surface area contributed by atoms with Crippen molar-refractivity contribution in [3.8, 4) is 5.69 Å². The molecule has 0 spiro atoms. The van der Waals surface area contributed by atoms with E-state index in [-0.39, 0.29) is 23.6 Å². The molecule has 8 nitrogen and oxygen atoms in total. The zero-order valence-corrected chi connectivity index (χ0v) is 16.2. The highest BCUT2D eigenvalue weighted by molar-refractivity contribution is 5.80. The molecule has 2 aromatic heterocycles. The molecule has 0 aliphatic carbocycles. The smallest absolute Gasteiger partial charge is 0.341 e. The summed E-state index contributed by atoms with van der Waals surface area (Å²) in [5.74, 6) is 0.357. The molecule has 1 fully saturated rings. The van der Waals surface area contributed by atoms with Gasteiger partial charge in [-0.2, -0.15) is 10.2 Å². The Hall–Kier alpha value is -3.23. The van der Waals surface area contributed by atoms with Crippen LogP contribution in [0.2, 0.25) is 0 Å². The van der Waals surface area contributed by atoms with Gasteiger partial charge in [-0.15, -0.1) is 0 Å². The van der Waals surface area contributed by atoms with Crippen LogP contribution in [-0.4, -0.2) is 48.4 Å². The second kappa shape index (κ2) is 8.02. The number of hydrogen-bond donors (Lipinski definition) is 1. The summed E-state index contributed by atoms with van der Waals surface area (Å²) in [5, 5.41) is 10.7. The van der Waals surface area contributed by atoms with E-state index >= 15 is 0 Å². The van der Waals surface area contributed by atoms with Gasteiger partial charge in [0.25, 0.3) is 0 Å². The van der Waals surface area contributed by atoms with Crippen molar-refractivity contribution in [2.24, 2.45) is 5.92 Å². The van der Waals surface area contributed by atoms with E-state index in [1.54, 1.807) is 41.3 Å². The van der Waals surface area contributed by atoms with Crippen molar-refractivity contribution in [2.45, 2.75) is 32.2 Å². The number of nitrogens with one attached hydrogen (secondary N) is 1. The Balaban J connectivity index is 1.42. The number of carbonyl (C=O) groups is 1. The summed E-state index contributed by atoms with van der Waals surface area (Å²) in [6, 6.07) is 7.62. The van der Waals surface area contributed by atoms with Gasteiger partial charge in [0.15, 0.2) is 0 Å². The zero-order chi connectivity index (χ0) is 20.4. The number of nitrogens with zero attached hydrogens (tertiary/aromatic N) is 5. The molecule has 9 heteroatoms. The van der Waals surface area contributed by atoms with Crippen LogP contribution in [0.4, 0.5) is 4.39 Å². The number of hydrogen-bond acceptors (Lipinski definition) is 4. The van der Waals surface area contributed by atoms with Gasteiger partial charge in [-0.3, -0.25) is 9.48 Å². The van der Waals surface area contributed by atoms with Gasteiger partial charge in [-0.1, -0.05) is 12.1 Å². The average molecular weight is 398 g/mol. The fourth-order valence-electron chi connectivity index (χ4n) is 3.85. The van der Waals surface area contributed by atoms with Gasteiger partial charge in [0.1, 0.15) is 17.7 Å². The van der Waals surface area contributed by atoms with Gasteiger partial charge < -0.3 is 4.90 Å². The number of piperidine rings is 1. The van der Waals surface area contributed by atoms with Gasteiger partial charge in [-0.05, 0) is 43.9 Å². The van der Waals surface area contributed by atoms with Crippen LogP contribution in [0.3, 0.4) is 0 Å². The summed E-state index contributed by atoms with van der Waals surface area (Å²) in [6.07, 6.45) is 5.60. The van der Waals surface area contributed by atoms with Crippen molar-refractivity contribution in [3.63, 3.8) is 0 Å². The molecular weight excluding hydrogens is 375 g/mol. The third-order valence-corrected chi connectivity index (χ3v) is 5.51. The first-order chi connectivity index (χ1) is 14.0. The molecule has 1 unspecified atom stereocenters. The lowest BCUT2D eigenvalue weighted by molar-refractivity contribution is -0.136. The van der Waals surface area contributed by atoms with Gasteiger partial charge in [0.2, 0.25) is 5.91 Å². The Morgan fingerprint density at radius 2 is 2.03 bits per heavy atom. The first-order valence-corrected chi connectivity index (χ1v) is 9.73. The molecule has 1 saturated heterocycles. The lowest BCUT2D eigenvalue weighted by atomic mass is 9.93. The molecule has 1 amide bonds. The topological polar surface area (TPSA) is 88.8 Å². The van der Waals surface area contributed by atoms with E-state index in [1.807, 2.05) is 11.8 Å². The molecule has 29 heavy (non-hydrogen) atoms. The first kappa shape index (κ1) is 19.1. The molecule has 4 rings (SSSR count). The zero-order valence-electron chi connectivity index (χ0n) is 16.2. The average Bonchev–Trinajstić information content (AvgIpc) is 3.39. The van der Waals surface area contributed by atoms with Gasteiger partial charge in [0, 0.05) is 31.9 Å². The molecule has 1 aliphatic heterocycles. The van der Waals surface area contributed by atoms with Gasteiger partial charge >= 0.3 is 5.69 Å². The predicted octanol–water partition coefficient (Wildman–Crippen LogP) is 1.94. The Kier molecular flexibility index (Phi) is 5.28. The number of benzene rings is 1. The van der Waals surface area contributed by atoms with E-state index in [9.17, 15) is 14.0 Å². The first-order valence-electron chi connectivity index (χ1n) is 9.73. The number of amides is 1. The lowest BCUT2D eigenvalue weighted by Crippen LogP contribution is -2.42. The summed E-state index contributed by atoms with van der Waals surface area (Å²) in [4.78, 5) is 26.7. The normalized spacial score (nSPS) is 16.1. The lowest BCUT2D eigenvalue weighted by Gasteiger charge is -2.33. The third kappa shape index (κ3) is 3.85. The largest absolute Gasteiger partial charge is 0.348 e. The number of aromatic nitrogens is 5. The summed E-state index contributed by atoms with van der Waals surface area (Å²) >= 11 is 0. The van der Waals surface area contributed by atoms with Crippen LogP contribution in [0.1, 0.15) is 31.6 Å². The Morgan fingerprint density at radius 1 is 1.28 bits per heavy atom. The van der Waals surface area contributed by atoms with Crippen molar-refractivity contribution in [2.75, 3.05) is 13.1 Å². The third-order valence-electron chi connectivity index (χ3n) is 5.51. The molecule has 0 radical (unpaired) electrons. The highest BCUT2D eigenvalue weighted by atomic mass is 19.1. The highest BCUT2D eigenvalue weighted by Crippen LogP contribution is 2.24. The number of para-hydroxylation sites is 1. The van der Waals surface area contributed by atoms with Crippen molar-refractivity contribution in [3.05, 3.63) is 64.9 Å². The fourth-order valence-corrected chi connectivity index (χ4v) is 3.85. The van der Waals surface area contributed by atoms with Crippen LogP contribution in [0, 0.1) is 11.7 Å². The number of aromatic amines is 1. The fraction of sp³-hybridized carbons (Fsp3) is 0.400. The number of halogens is 1. The minimum atomic E-state index is -0.467. The summed E-state index contributed by atoms with van der Waals surface area (Å²) in [6.45, 7) is 3.13. The van der Waals surface area contributed by atoms with E-state index in [1.165, 1.54) is 10.6 Å². The summed E-state index contributed by atoms with van der Waals surface area (Å²) < 4.78 is 17.1. The van der Waals surface area contributed by atoms with Crippen LogP contribution >= 0.6 is 0 Å². The van der Waals surface area contributed by atoms with Crippen molar-refractivity contribution < 1.29 is 9.18 Å². The minimum absolute atomic E-state index is 0.0511. The Morgan fingerprint density at radius 3 is 2.72 bits per heavy atom. The molecule has 1 aromatic carbocycles. The number of rotatable bonds is 5.